The first-order chi connectivity index (χ1) is 7.36. The molecule has 0 saturated carbocycles. The monoisotopic (exact) mass is 250 g/mol. The van der Waals surface area contributed by atoms with Crippen molar-refractivity contribution in [1.82, 2.24) is 4.98 Å². The average molecular weight is 251 g/mol. The van der Waals surface area contributed by atoms with E-state index in [-0.39, 0.29) is 5.56 Å². The van der Waals surface area contributed by atoms with Crippen LogP contribution in [-0.4, -0.2) is 15.1 Å². The van der Waals surface area contributed by atoms with Gasteiger partial charge in [-0.2, -0.15) is 0 Å². The Hall–Kier alpha value is -1.63. The van der Waals surface area contributed by atoms with E-state index in [2.05, 4.69) is 4.98 Å². The molecule has 0 unspecified atom stereocenters. The second-order valence-electron chi connectivity index (χ2n) is 2.88. The Morgan fingerprint density at radius 2 is 2.19 bits per heavy atom. The zero-order valence-corrected chi connectivity index (χ0v) is 8.66. The lowest BCUT2D eigenvalue weighted by Crippen LogP contribution is -2.07. The Labute approximate surface area is 93.2 Å². The average Bonchev–Trinajstić information content (AvgIpc) is 2.15. The predicted octanol–water partition coefficient (Wildman–Crippen LogP) is 2.61. The molecule has 0 aliphatic heterocycles. The highest BCUT2D eigenvalue weighted by Gasteiger charge is 2.31. The lowest BCUT2D eigenvalue weighted by atomic mass is 10.1. The summed E-state index contributed by atoms with van der Waals surface area (Å²) in [4.78, 5) is 23.7. The van der Waals surface area contributed by atoms with Crippen LogP contribution in [0.15, 0.2) is 6.20 Å². The Kier molecular flexibility index (Phi) is 3.48. The Balaban J connectivity index is 3.63. The number of nitrogens with zero attached hydrogens (tertiary/aromatic N) is 2. The minimum atomic E-state index is -3.14. The Morgan fingerprint density at radius 3 is 2.56 bits per heavy atom. The van der Waals surface area contributed by atoms with Gasteiger partial charge in [-0.15, -0.1) is 0 Å². The van der Waals surface area contributed by atoms with E-state index in [1.807, 2.05) is 0 Å². The van der Waals surface area contributed by atoms with Crippen molar-refractivity contribution in [3.05, 3.63) is 33.1 Å². The number of aromatic nitrogens is 1. The fraction of sp³-hybridized carbons (Fsp3) is 0.250. The van der Waals surface area contributed by atoms with Crippen molar-refractivity contribution in [3.8, 4) is 0 Å². The summed E-state index contributed by atoms with van der Waals surface area (Å²) in [5, 5.41) is 9.47. The van der Waals surface area contributed by atoms with E-state index in [1.54, 1.807) is 0 Å². The molecule has 1 aromatic heterocycles. The van der Waals surface area contributed by atoms with E-state index in [9.17, 15) is 23.7 Å². The summed E-state index contributed by atoms with van der Waals surface area (Å²) in [6, 6.07) is 0. The lowest BCUT2D eigenvalue weighted by Gasteiger charge is -2.05. The summed E-state index contributed by atoms with van der Waals surface area (Å²) in [6.45, 7) is 1.32. The molecule has 0 atom stereocenters. The van der Waals surface area contributed by atoms with Crippen LogP contribution >= 0.6 is 11.6 Å². The molecule has 0 N–H and O–H groups in total. The molecule has 16 heavy (non-hydrogen) atoms. The van der Waals surface area contributed by atoms with Crippen LogP contribution in [0.5, 0.6) is 0 Å². The van der Waals surface area contributed by atoms with Gasteiger partial charge in [-0.3, -0.25) is 14.9 Å². The Morgan fingerprint density at radius 1 is 1.62 bits per heavy atom. The maximum Gasteiger partial charge on any atom is 0.308 e. The molecule has 1 aromatic rings. The van der Waals surface area contributed by atoms with Gasteiger partial charge in [0.05, 0.1) is 4.92 Å². The maximum absolute atomic E-state index is 12.4. The largest absolute Gasteiger partial charge is 0.308 e. The second kappa shape index (κ2) is 4.48. The maximum atomic E-state index is 12.4. The highest BCUT2D eigenvalue weighted by atomic mass is 35.5. The SMILES string of the molecule is Cc1cnc(C(F)F)c([N+](=O)[O-])c1C(=O)Cl. The van der Waals surface area contributed by atoms with Crippen molar-refractivity contribution in [2.45, 2.75) is 13.3 Å². The summed E-state index contributed by atoms with van der Waals surface area (Å²) in [7, 11) is 0. The molecule has 0 aliphatic rings. The van der Waals surface area contributed by atoms with E-state index in [1.165, 1.54) is 6.92 Å². The van der Waals surface area contributed by atoms with Crippen LogP contribution in [0.1, 0.15) is 28.0 Å². The van der Waals surface area contributed by atoms with Gasteiger partial charge in [-0.25, -0.2) is 13.8 Å². The van der Waals surface area contributed by atoms with Crippen LogP contribution in [0.3, 0.4) is 0 Å². The van der Waals surface area contributed by atoms with Crippen molar-refractivity contribution >= 4 is 22.5 Å². The standard InChI is InChI=1S/C8H5ClF2N2O3/c1-3-2-12-5(8(10)11)6(13(15)16)4(3)7(9)14/h2,8H,1H3. The first-order valence-electron chi connectivity index (χ1n) is 3.98. The van der Waals surface area contributed by atoms with Crippen molar-refractivity contribution < 1.29 is 18.5 Å². The quantitative estimate of drug-likeness (QED) is 0.469. The van der Waals surface area contributed by atoms with E-state index in [0.29, 0.717) is 0 Å². The third kappa shape index (κ3) is 2.13. The molecule has 1 heterocycles. The number of alkyl halides is 2. The number of nitro groups is 1. The van der Waals surface area contributed by atoms with Crippen LogP contribution < -0.4 is 0 Å². The zero-order chi connectivity index (χ0) is 12.5. The summed E-state index contributed by atoms with van der Waals surface area (Å²) < 4.78 is 24.9. The van der Waals surface area contributed by atoms with Crippen LogP contribution in [-0.2, 0) is 0 Å². The molecular weight excluding hydrogens is 246 g/mol. The zero-order valence-electron chi connectivity index (χ0n) is 7.91. The fourth-order valence-corrected chi connectivity index (χ4v) is 1.44. The number of aryl methyl sites for hydroxylation is 1. The smallest absolute Gasteiger partial charge is 0.275 e. The highest BCUT2D eigenvalue weighted by molar-refractivity contribution is 6.68. The third-order valence-electron chi connectivity index (χ3n) is 1.86. The first-order valence-corrected chi connectivity index (χ1v) is 4.36. The fourth-order valence-electron chi connectivity index (χ4n) is 1.20. The summed E-state index contributed by atoms with van der Waals surface area (Å²) in [6.07, 6.45) is -2.19. The summed E-state index contributed by atoms with van der Waals surface area (Å²) >= 11 is 5.12. The number of carbonyl (C=O) groups is 1. The second-order valence-corrected chi connectivity index (χ2v) is 3.22. The minimum absolute atomic E-state index is 0.0797. The summed E-state index contributed by atoms with van der Waals surface area (Å²) in [5.74, 6) is 0. The van der Waals surface area contributed by atoms with Gasteiger partial charge in [-0.05, 0) is 24.1 Å². The molecule has 0 aromatic carbocycles. The number of hydrogen-bond acceptors (Lipinski definition) is 4. The molecule has 5 nitrogen and oxygen atoms in total. The molecule has 0 fully saturated rings. The van der Waals surface area contributed by atoms with Crippen molar-refractivity contribution in [2.75, 3.05) is 0 Å². The van der Waals surface area contributed by atoms with Gasteiger partial charge < -0.3 is 0 Å². The molecular formula is C8H5ClF2N2O3. The minimum Gasteiger partial charge on any atom is -0.275 e. The molecule has 0 bridgehead atoms. The molecule has 0 radical (unpaired) electrons. The molecule has 0 amide bonds. The molecule has 1 rings (SSSR count). The van der Waals surface area contributed by atoms with E-state index in [4.69, 9.17) is 11.6 Å². The van der Waals surface area contributed by atoms with Crippen LogP contribution in [0.2, 0.25) is 0 Å². The molecule has 86 valence electrons. The first kappa shape index (κ1) is 12.4. The van der Waals surface area contributed by atoms with E-state index >= 15 is 0 Å². The molecule has 8 heteroatoms. The van der Waals surface area contributed by atoms with E-state index < -0.39 is 33.5 Å². The van der Waals surface area contributed by atoms with Crippen LogP contribution in [0.4, 0.5) is 14.5 Å². The topological polar surface area (TPSA) is 73.1 Å². The van der Waals surface area contributed by atoms with Crippen molar-refractivity contribution in [1.29, 1.82) is 0 Å². The number of rotatable bonds is 3. The molecule has 0 saturated heterocycles. The van der Waals surface area contributed by atoms with Crippen molar-refractivity contribution in [2.24, 2.45) is 0 Å². The number of pyridine rings is 1. The van der Waals surface area contributed by atoms with Crippen molar-refractivity contribution in [3.63, 3.8) is 0 Å². The van der Waals surface area contributed by atoms with Gasteiger partial charge in [0.2, 0.25) is 0 Å². The van der Waals surface area contributed by atoms with Gasteiger partial charge >= 0.3 is 5.69 Å². The molecule has 0 spiro atoms. The lowest BCUT2D eigenvalue weighted by molar-refractivity contribution is -0.386. The normalized spacial score (nSPS) is 10.6. The van der Waals surface area contributed by atoms with Crippen LogP contribution in [0.25, 0.3) is 0 Å². The highest BCUT2D eigenvalue weighted by Crippen LogP contribution is 2.32. The van der Waals surface area contributed by atoms with E-state index in [0.717, 1.165) is 6.20 Å². The summed E-state index contributed by atoms with van der Waals surface area (Å²) in [5.41, 5.74) is -2.55. The number of carbonyl (C=O) groups excluding carboxylic acids is 1. The van der Waals surface area contributed by atoms with Gasteiger partial charge in [0.15, 0.2) is 5.69 Å². The molecule has 0 aliphatic carbocycles. The Bertz CT molecular complexity index is 465. The van der Waals surface area contributed by atoms with Gasteiger partial charge in [-0.1, -0.05) is 0 Å². The van der Waals surface area contributed by atoms with Gasteiger partial charge in [0.25, 0.3) is 11.7 Å². The third-order valence-corrected chi connectivity index (χ3v) is 2.05. The number of hydrogen-bond donors (Lipinski definition) is 0. The van der Waals surface area contributed by atoms with Gasteiger partial charge in [0, 0.05) is 6.20 Å². The number of halogens is 3. The van der Waals surface area contributed by atoms with Gasteiger partial charge in [0.1, 0.15) is 5.56 Å². The predicted molar refractivity (Wildman–Crippen MR) is 50.8 cm³/mol. The van der Waals surface area contributed by atoms with Crippen LogP contribution in [0, 0.1) is 17.0 Å².